The summed E-state index contributed by atoms with van der Waals surface area (Å²) in [5.41, 5.74) is 0.391. The molecule has 2 N–H and O–H groups in total. The Hall–Kier alpha value is -2.34. The monoisotopic (exact) mass is 361 g/mol. The Morgan fingerprint density at radius 1 is 1.12 bits per heavy atom. The third kappa shape index (κ3) is 4.60. The van der Waals surface area contributed by atoms with Crippen LogP contribution in [0, 0.1) is 5.41 Å². The van der Waals surface area contributed by atoms with Crippen molar-refractivity contribution in [3.63, 3.8) is 0 Å². The first-order chi connectivity index (χ1) is 11.7. The Morgan fingerprint density at radius 3 is 2.36 bits per heavy atom. The number of amides is 1. The first-order valence-corrected chi connectivity index (χ1v) is 9.72. The summed E-state index contributed by atoms with van der Waals surface area (Å²) in [5, 5.41) is 12.6. The summed E-state index contributed by atoms with van der Waals surface area (Å²) in [4.78, 5) is 12.7. The van der Waals surface area contributed by atoms with Gasteiger partial charge in [0.15, 0.2) is 9.84 Å². The fourth-order valence-electron chi connectivity index (χ4n) is 2.45. The van der Waals surface area contributed by atoms with Gasteiger partial charge >= 0.3 is 0 Å². The van der Waals surface area contributed by atoms with E-state index in [1.54, 1.807) is 20.8 Å². The topological polar surface area (TPSA) is 83.5 Å². The molecular weight excluding hydrogens is 338 g/mol. The van der Waals surface area contributed by atoms with Crippen LogP contribution in [-0.4, -0.2) is 25.2 Å². The van der Waals surface area contributed by atoms with Crippen LogP contribution in [0.2, 0.25) is 0 Å². The number of anilines is 1. The highest BCUT2D eigenvalue weighted by Crippen LogP contribution is 2.30. The number of carbonyl (C=O) groups excluding carboxylic acids is 1. The molecule has 25 heavy (non-hydrogen) atoms. The quantitative estimate of drug-likeness (QED) is 0.773. The summed E-state index contributed by atoms with van der Waals surface area (Å²) < 4.78 is 24.0. The molecule has 134 valence electrons. The van der Waals surface area contributed by atoms with E-state index in [9.17, 15) is 18.3 Å². The average molecular weight is 361 g/mol. The highest BCUT2D eigenvalue weighted by atomic mass is 32.2. The highest BCUT2D eigenvalue weighted by Gasteiger charge is 2.29. The van der Waals surface area contributed by atoms with E-state index in [0.29, 0.717) is 6.42 Å². The normalized spacial score (nSPS) is 12.0. The molecule has 0 aromatic heterocycles. The molecule has 2 aromatic rings. The van der Waals surface area contributed by atoms with Gasteiger partial charge in [-0.3, -0.25) is 4.79 Å². The fourth-order valence-corrected chi connectivity index (χ4v) is 3.36. The van der Waals surface area contributed by atoms with Gasteiger partial charge in [-0.25, -0.2) is 8.42 Å². The lowest BCUT2D eigenvalue weighted by Gasteiger charge is -2.24. The number of carbonyl (C=O) groups is 1. The second kappa shape index (κ2) is 7.27. The Labute approximate surface area is 148 Å². The second-order valence-corrected chi connectivity index (χ2v) is 8.86. The number of hydrogen-bond donors (Lipinski definition) is 2. The first-order valence-electron chi connectivity index (χ1n) is 8.07. The van der Waals surface area contributed by atoms with E-state index < -0.39 is 15.3 Å². The fraction of sp³-hybridized carbons (Fsp3) is 0.316. The van der Waals surface area contributed by atoms with Gasteiger partial charge in [-0.2, -0.15) is 0 Å². The Morgan fingerprint density at radius 2 is 1.76 bits per heavy atom. The van der Waals surface area contributed by atoms with E-state index in [1.807, 2.05) is 30.3 Å². The molecular formula is C19H23NO4S. The highest BCUT2D eigenvalue weighted by molar-refractivity contribution is 7.91. The van der Waals surface area contributed by atoms with Gasteiger partial charge in [0.2, 0.25) is 5.91 Å². The lowest BCUT2D eigenvalue weighted by Crippen LogP contribution is -2.32. The van der Waals surface area contributed by atoms with E-state index >= 15 is 0 Å². The van der Waals surface area contributed by atoms with Crippen molar-refractivity contribution in [3.05, 3.63) is 54.1 Å². The van der Waals surface area contributed by atoms with Crippen LogP contribution < -0.4 is 5.32 Å². The number of aromatic hydroxyl groups is 1. The van der Waals surface area contributed by atoms with Gasteiger partial charge in [-0.15, -0.1) is 0 Å². The smallest absolute Gasteiger partial charge is 0.230 e. The molecule has 0 heterocycles. The minimum Gasteiger partial charge on any atom is -0.506 e. The third-order valence-electron chi connectivity index (χ3n) is 4.06. The summed E-state index contributed by atoms with van der Waals surface area (Å²) in [7, 11) is -3.42. The summed E-state index contributed by atoms with van der Waals surface area (Å²) >= 11 is 0. The van der Waals surface area contributed by atoms with Crippen molar-refractivity contribution in [1.82, 2.24) is 0 Å². The molecule has 2 rings (SSSR count). The second-order valence-electron chi connectivity index (χ2n) is 6.58. The Kier molecular flexibility index (Phi) is 5.52. The lowest BCUT2D eigenvalue weighted by molar-refractivity contribution is -0.123. The summed E-state index contributed by atoms with van der Waals surface area (Å²) in [6.45, 7) is 5.15. The number of phenolic OH excluding ortho intramolecular Hbond substituents is 1. The van der Waals surface area contributed by atoms with Crippen LogP contribution in [0.15, 0.2) is 53.4 Å². The van der Waals surface area contributed by atoms with Gasteiger partial charge in [-0.05, 0) is 30.2 Å². The van der Waals surface area contributed by atoms with E-state index in [-0.39, 0.29) is 28.0 Å². The zero-order chi connectivity index (χ0) is 18.7. The maximum Gasteiger partial charge on any atom is 0.230 e. The number of sulfone groups is 1. The minimum atomic E-state index is -3.42. The number of benzene rings is 2. The van der Waals surface area contributed by atoms with E-state index in [4.69, 9.17) is 0 Å². The molecule has 1 amide bonds. The SMILES string of the molecule is CCS(=O)(=O)c1ccc(O)c(NC(=O)C(C)(C)Cc2ccccc2)c1. The van der Waals surface area contributed by atoms with Crippen molar-refractivity contribution in [2.24, 2.45) is 5.41 Å². The molecule has 0 aliphatic rings. The zero-order valence-electron chi connectivity index (χ0n) is 14.6. The molecule has 0 bridgehead atoms. The molecule has 0 atom stereocenters. The van der Waals surface area contributed by atoms with Crippen molar-refractivity contribution in [1.29, 1.82) is 0 Å². The van der Waals surface area contributed by atoms with Crippen LogP contribution in [0.1, 0.15) is 26.3 Å². The predicted octanol–water partition coefficient (Wildman–Crippen LogP) is 3.39. The molecule has 2 aromatic carbocycles. The molecule has 0 saturated heterocycles. The first kappa shape index (κ1) is 19.0. The molecule has 0 unspecified atom stereocenters. The van der Waals surface area contributed by atoms with Gasteiger partial charge in [0.1, 0.15) is 5.75 Å². The molecule has 6 heteroatoms. The molecule has 0 aliphatic carbocycles. The predicted molar refractivity (Wildman–Crippen MR) is 98.4 cm³/mol. The summed E-state index contributed by atoms with van der Waals surface area (Å²) in [6.07, 6.45) is 0.521. The lowest BCUT2D eigenvalue weighted by atomic mass is 9.84. The van der Waals surface area contributed by atoms with Crippen LogP contribution in [-0.2, 0) is 21.1 Å². The molecule has 0 radical (unpaired) electrons. The molecule has 0 spiro atoms. The maximum absolute atomic E-state index is 12.6. The van der Waals surface area contributed by atoms with E-state index in [1.165, 1.54) is 18.2 Å². The van der Waals surface area contributed by atoms with E-state index in [2.05, 4.69) is 5.32 Å². The number of phenols is 1. The van der Waals surface area contributed by atoms with Crippen molar-refractivity contribution < 1.29 is 18.3 Å². The molecule has 0 aliphatic heterocycles. The van der Waals surface area contributed by atoms with Gasteiger partial charge in [0.05, 0.1) is 16.3 Å². The Balaban J connectivity index is 2.23. The van der Waals surface area contributed by atoms with Crippen LogP contribution in [0.4, 0.5) is 5.69 Å². The number of nitrogens with one attached hydrogen (secondary N) is 1. The maximum atomic E-state index is 12.6. The molecule has 5 nitrogen and oxygen atoms in total. The third-order valence-corrected chi connectivity index (χ3v) is 5.79. The van der Waals surface area contributed by atoms with Crippen LogP contribution >= 0.6 is 0 Å². The van der Waals surface area contributed by atoms with Crippen LogP contribution in [0.5, 0.6) is 5.75 Å². The van der Waals surface area contributed by atoms with Gasteiger partial charge in [0.25, 0.3) is 0 Å². The number of rotatable bonds is 6. The van der Waals surface area contributed by atoms with Crippen molar-refractivity contribution in [3.8, 4) is 5.75 Å². The average Bonchev–Trinajstić information content (AvgIpc) is 2.57. The van der Waals surface area contributed by atoms with Gasteiger partial charge < -0.3 is 10.4 Å². The van der Waals surface area contributed by atoms with Gasteiger partial charge in [0, 0.05) is 5.41 Å². The zero-order valence-corrected chi connectivity index (χ0v) is 15.4. The largest absolute Gasteiger partial charge is 0.506 e. The van der Waals surface area contributed by atoms with Crippen LogP contribution in [0.3, 0.4) is 0 Å². The van der Waals surface area contributed by atoms with Gasteiger partial charge in [-0.1, -0.05) is 51.1 Å². The minimum absolute atomic E-state index is 0.0509. The molecule has 0 fully saturated rings. The van der Waals surface area contributed by atoms with Crippen molar-refractivity contribution >= 4 is 21.4 Å². The van der Waals surface area contributed by atoms with Crippen LogP contribution in [0.25, 0.3) is 0 Å². The Bertz CT molecular complexity index is 858. The number of hydrogen-bond acceptors (Lipinski definition) is 4. The summed E-state index contributed by atoms with van der Waals surface area (Å²) in [5.74, 6) is -0.512. The summed E-state index contributed by atoms with van der Waals surface area (Å²) in [6, 6.07) is 13.5. The van der Waals surface area contributed by atoms with Crippen molar-refractivity contribution in [2.45, 2.75) is 32.1 Å². The standard InChI is InChI=1S/C19H23NO4S/c1-4-25(23,24)15-10-11-17(21)16(12-15)20-18(22)19(2,3)13-14-8-6-5-7-9-14/h5-12,21H,4,13H2,1-3H3,(H,20,22). The van der Waals surface area contributed by atoms with E-state index in [0.717, 1.165) is 5.56 Å². The van der Waals surface area contributed by atoms with Crippen molar-refractivity contribution in [2.75, 3.05) is 11.1 Å². The molecule has 0 saturated carbocycles.